The molecule has 0 spiro atoms. The molecular weight excluding hydrogens is 326 g/mol. The lowest BCUT2D eigenvalue weighted by Crippen LogP contribution is -2.31. The van der Waals surface area contributed by atoms with Crippen LogP contribution in [0, 0.1) is 0 Å². The number of nitrogens with zero attached hydrogens (tertiary/aromatic N) is 3. The first-order chi connectivity index (χ1) is 12.7. The van der Waals surface area contributed by atoms with Crippen molar-refractivity contribution < 1.29 is 9.21 Å². The molecule has 0 N–H and O–H groups in total. The van der Waals surface area contributed by atoms with Gasteiger partial charge in [-0.05, 0) is 56.1 Å². The average Bonchev–Trinajstić information content (AvgIpc) is 3.35. The minimum absolute atomic E-state index is 0.0169. The van der Waals surface area contributed by atoms with Crippen LogP contribution in [0.5, 0.6) is 0 Å². The van der Waals surface area contributed by atoms with E-state index in [0.29, 0.717) is 5.76 Å². The minimum Gasteiger partial charge on any atom is -0.455 e. The molecule has 0 radical (unpaired) electrons. The van der Waals surface area contributed by atoms with Gasteiger partial charge in [-0.1, -0.05) is 25.8 Å². The molecule has 0 saturated carbocycles. The first kappa shape index (κ1) is 18.6. The smallest absolute Gasteiger partial charge is 0.289 e. The number of aromatic nitrogens is 1. The highest BCUT2D eigenvalue weighted by Gasteiger charge is 2.25. The zero-order valence-electron chi connectivity index (χ0n) is 15.9. The van der Waals surface area contributed by atoms with Gasteiger partial charge < -0.3 is 9.32 Å². The van der Waals surface area contributed by atoms with Crippen molar-refractivity contribution in [2.45, 2.75) is 51.6 Å². The molecule has 0 aliphatic carbocycles. The van der Waals surface area contributed by atoms with Gasteiger partial charge in [-0.3, -0.25) is 14.7 Å². The highest BCUT2D eigenvalue weighted by atomic mass is 16.4. The number of unbranched alkanes of at least 4 members (excludes halogenated alkanes) is 1. The Labute approximate surface area is 156 Å². The van der Waals surface area contributed by atoms with Crippen LogP contribution in [0.2, 0.25) is 0 Å². The number of amides is 1. The summed E-state index contributed by atoms with van der Waals surface area (Å²) in [5, 5.41) is 0. The van der Waals surface area contributed by atoms with Crippen LogP contribution in [0.25, 0.3) is 0 Å². The van der Waals surface area contributed by atoms with E-state index in [0.717, 1.165) is 50.2 Å². The van der Waals surface area contributed by atoms with Crippen molar-refractivity contribution in [3.8, 4) is 0 Å². The van der Waals surface area contributed by atoms with Crippen LogP contribution in [0.4, 0.5) is 0 Å². The fraction of sp³-hybridized carbons (Fsp3) is 0.524. The quantitative estimate of drug-likeness (QED) is 0.709. The van der Waals surface area contributed by atoms with E-state index in [4.69, 9.17) is 4.42 Å². The normalized spacial score (nSPS) is 15.9. The molecule has 1 atom stereocenters. The van der Waals surface area contributed by atoms with Crippen molar-refractivity contribution in [1.82, 2.24) is 14.8 Å². The van der Waals surface area contributed by atoms with Gasteiger partial charge in [0.15, 0.2) is 5.76 Å². The summed E-state index contributed by atoms with van der Waals surface area (Å²) in [6.07, 6.45) is 9.20. The van der Waals surface area contributed by atoms with Crippen molar-refractivity contribution in [1.29, 1.82) is 0 Å². The summed E-state index contributed by atoms with van der Waals surface area (Å²) in [4.78, 5) is 21.4. The molecule has 3 rings (SSSR count). The van der Waals surface area contributed by atoms with Crippen molar-refractivity contribution in [3.63, 3.8) is 0 Å². The van der Waals surface area contributed by atoms with Crippen LogP contribution >= 0.6 is 0 Å². The monoisotopic (exact) mass is 355 g/mol. The summed E-state index contributed by atoms with van der Waals surface area (Å²) >= 11 is 0. The van der Waals surface area contributed by atoms with Gasteiger partial charge in [0.25, 0.3) is 5.91 Å². The van der Waals surface area contributed by atoms with Gasteiger partial charge in [-0.15, -0.1) is 0 Å². The lowest BCUT2D eigenvalue weighted by Gasteiger charge is -2.27. The standard InChI is InChI=1S/C21H29N3O2/c1-3-4-9-19(17-8-7-12-22-15-17)23(2)21(25)20-11-10-18(26-20)16-24-13-5-6-14-24/h7-8,10-12,15,19H,3-6,9,13-14,16H2,1-2H3/t19-/m0/s1. The second-order valence-corrected chi connectivity index (χ2v) is 7.11. The number of carbonyl (C=O) groups is 1. The van der Waals surface area contributed by atoms with E-state index in [1.54, 1.807) is 11.1 Å². The number of furan rings is 1. The van der Waals surface area contributed by atoms with E-state index in [1.165, 1.54) is 12.8 Å². The Morgan fingerprint density at radius 2 is 2.12 bits per heavy atom. The number of carbonyl (C=O) groups excluding carboxylic acids is 1. The third-order valence-electron chi connectivity index (χ3n) is 5.14. The fourth-order valence-corrected chi connectivity index (χ4v) is 3.61. The minimum atomic E-state index is -0.0670. The Balaban J connectivity index is 1.70. The number of pyridine rings is 1. The summed E-state index contributed by atoms with van der Waals surface area (Å²) in [6, 6.07) is 7.73. The first-order valence-electron chi connectivity index (χ1n) is 9.67. The van der Waals surface area contributed by atoms with Crippen molar-refractivity contribution in [3.05, 3.63) is 53.7 Å². The van der Waals surface area contributed by atoms with Gasteiger partial charge in [0.05, 0.1) is 12.6 Å². The molecule has 26 heavy (non-hydrogen) atoms. The predicted octanol–water partition coefficient (Wildman–Crippen LogP) is 4.27. The van der Waals surface area contributed by atoms with Crippen LogP contribution in [0.1, 0.15) is 66.9 Å². The molecule has 0 bridgehead atoms. The zero-order valence-corrected chi connectivity index (χ0v) is 15.9. The van der Waals surface area contributed by atoms with Gasteiger partial charge in [0, 0.05) is 19.4 Å². The van der Waals surface area contributed by atoms with Crippen LogP contribution in [-0.4, -0.2) is 40.8 Å². The molecule has 0 aromatic carbocycles. The molecule has 1 aliphatic rings. The number of rotatable bonds is 8. The largest absolute Gasteiger partial charge is 0.455 e. The van der Waals surface area contributed by atoms with Crippen molar-refractivity contribution in [2.75, 3.05) is 20.1 Å². The van der Waals surface area contributed by atoms with Crippen molar-refractivity contribution >= 4 is 5.91 Å². The Morgan fingerprint density at radius 3 is 2.81 bits per heavy atom. The summed E-state index contributed by atoms with van der Waals surface area (Å²) in [7, 11) is 1.86. The van der Waals surface area contributed by atoms with Gasteiger partial charge in [-0.2, -0.15) is 0 Å². The number of hydrogen-bond donors (Lipinski definition) is 0. The maximum absolute atomic E-state index is 13.0. The maximum atomic E-state index is 13.0. The van der Waals surface area contributed by atoms with Crippen LogP contribution in [0.15, 0.2) is 41.1 Å². The summed E-state index contributed by atoms with van der Waals surface area (Å²) < 4.78 is 5.87. The second-order valence-electron chi connectivity index (χ2n) is 7.11. The first-order valence-corrected chi connectivity index (χ1v) is 9.67. The Bertz CT molecular complexity index is 692. The molecule has 5 heteroatoms. The van der Waals surface area contributed by atoms with Crippen LogP contribution in [-0.2, 0) is 6.54 Å². The molecular formula is C21H29N3O2. The van der Waals surface area contributed by atoms with Gasteiger partial charge in [0.1, 0.15) is 5.76 Å². The number of hydrogen-bond acceptors (Lipinski definition) is 4. The van der Waals surface area contributed by atoms with E-state index < -0.39 is 0 Å². The van der Waals surface area contributed by atoms with Crippen molar-refractivity contribution in [2.24, 2.45) is 0 Å². The third kappa shape index (κ3) is 4.52. The second kappa shape index (κ2) is 8.99. The SMILES string of the molecule is CCCC[C@@H](c1cccnc1)N(C)C(=O)c1ccc(CN2CCCC2)o1. The molecule has 1 amide bonds. The van der Waals surface area contributed by atoms with E-state index >= 15 is 0 Å². The summed E-state index contributed by atoms with van der Waals surface area (Å²) in [5.41, 5.74) is 1.07. The number of likely N-dealkylation sites (tertiary alicyclic amines) is 1. The predicted molar refractivity (Wildman–Crippen MR) is 102 cm³/mol. The highest BCUT2D eigenvalue weighted by Crippen LogP contribution is 2.27. The summed E-state index contributed by atoms with van der Waals surface area (Å²) in [6.45, 7) is 5.19. The van der Waals surface area contributed by atoms with Crippen LogP contribution < -0.4 is 0 Å². The molecule has 140 valence electrons. The highest BCUT2D eigenvalue weighted by molar-refractivity contribution is 5.91. The van der Waals surface area contributed by atoms with Gasteiger partial charge >= 0.3 is 0 Å². The van der Waals surface area contributed by atoms with Crippen LogP contribution in [0.3, 0.4) is 0 Å². The molecule has 5 nitrogen and oxygen atoms in total. The lowest BCUT2D eigenvalue weighted by atomic mass is 10.0. The Hall–Kier alpha value is -2.14. The Kier molecular flexibility index (Phi) is 6.45. The van der Waals surface area contributed by atoms with E-state index in [-0.39, 0.29) is 11.9 Å². The zero-order chi connectivity index (χ0) is 18.4. The molecule has 2 aromatic rings. The summed E-state index contributed by atoms with van der Waals surface area (Å²) in [5.74, 6) is 1.23. The molecule has 0 unspecified atom stereocenters. The van der Waals surface area contributed by atoms with E-state index in [9.17, 15) is 4.79 Å². The van der Waals surface area contributed by atoms with E-state index in [2.05, 4.69) is 16.8 Å². The molecule has 1 fully saturated rings. The fourth-order valence-electron chi connectivity index (χ4n) is 3.61. The average molecular weight is 355 g/mol. The Morgan fingerprint density at radius 1 is 1.31 bits per heavy atom. The topological polar surface area (TPSA) is 49.6 Å². The molecule has 1 saturated heterocycles. The molecule has 2 aromatic heterocycles. The maximum Gasteiger partial charge on any atom is 0.289 e. The molecule has 3 heterocycles. The van der Waals surface area contributed by atoms with Gasteiger partial charge in [0.2, 0.25) is 0 Å². The third-order valence-corrected chi connectivity index (χ3v) is 5.14. The van der Waals surface area contributed by atoms with Gasteiger partial charge in [-0.25, -0.2) is 0 Å². The van der Waals surface area contributed by atoms with E-state index in [1.807, 2.05) is 37.5 Å². The lowest BCUT2D eigenvalue weighted by molar-refractivity contribution is 0.0684. The molecule has 1 aliphatic heterocycles.